The molecule has 2 heterocycles. The molecule has 2 aromatic heterocycles. The summed E-state index contributed by atoms with van der Waals surface area (Å²) < 4.78 is 5.60. The van der Waals surface area contributed by atoms with Gasteiger partial charge in [-0.1, -0.05) is 6.07 Å². The smallest absolute Gasteiger partial charge is 0.138 e. The minimum Gasteiger partial charge on any atom is -0.487 e. The van der Waals surface area contributed by atoms with Crippen LogP contribution in [0.3, 0.4) is 0 Å². The van der Waals surface area contributed by atoms with Gasteiger partial charge in [-0.05, 0) is 25.2 Å². The Bertz CT molecular complexity index is 442. The molecule has 4 nitrogen and oxygen atoms in total. The molecule has 0 saturated heterocycles. The van der Waals surface area contributed by atoms with Crippen molar-refractivity contribution in [1.29, 1.82) is 0 Å². The van der Waals surface area contributed by atoms with Gasteiger partial charge < -0.3 is 10.1 Å². The van der Waals surface area contributed by atoms with Gasteiger partial charge in [0.05, 0.1) is 11.9 Å². The predicted molar refractivity (Wildman–Crippen MR) is 65.6 cm³/mol. The summed E-state index contributed by atoms with van der Waals surface area (Å²) in [5.74, 6) is 0.772. The van der Waals surface area contributed by atoms with Crippen molar-refractivity contribution in [2.24, 2.45) is 0 Å². The highest BCUT2D eigenvalue weighted by molar-refractivity contribution is 5.20. The van der Waals surface area contributed by atoms with E-state index in [4.69, 9.17) is 4.74 Å². The molecule has 0 spiro atoms. The molecular formula is C13H15N3O. The zero-order valence-corrected chi connectivity index (χ0v) is 9.76. The molecule has 2 aromatic rings. The van der Waals surface area contributed by atoms with Gasteiger partial charge in [0.25, 0.3) is 0 Å². The van der Waals surface area contributed by atoms with Gasteiger partial charge in [-0.25, -0.2) is 0 Å². The Morgan fingerprint density at radius 3 is 2.82 bits per heavy atom. The number of aromatic nitrogens is 2. The molecule has 0 amide bonds. The van der Waals surface area contributed by atoms with Crippen LogP contribution in [0.25, 0.3) is 0 Å². The third kappa shape index (κ3) is 3.53. The molecule has 0 aromatic carbocycles. The molecule has 0 fully saturated rings. The first-order valence-corrected chi connectivity index (χ1v) is 5.50. The zero-order chi connectivity index (χ0) is 11.9. The first kappa shape index (κ1) is 11.5. The molecule has 1 N–H and O–H groups in total. The molecule has 0 saturated carbocycles. The van der Waals surface area contributed by atoms with E-state index < -0.39 is 0 Å². The Hall–Kier alpha value is -1.94. The first-order valence-electron chi connectivity index (χ1n) is 5.50. The summed E-state index contributed by atoms with van der Waals surface area (Å²) in [5, 5.41) is 3.05. The van der Waals surface area contributed by atoms with Gasteiger partial charge in [0.2, 0.25) is 0 Å². The topological polar surface area (TPSA) is 47.0 Å². The van der Waals surface area contributed by atoms with Crippen LogP contribution in [0.15, 0.2) is 42.9 Å². The Morgan fingerprint density at radius 2 is 2.18 bits per heavy atom. The number of hydrogen-bond acceptors (Lipinski definition) is 4. The van der Waals surface area contributed by atoms with Gasteiger partial charge in [-0.3, -0.25) is 9.97 Å². The highest BCUT2D eigenvalue weighted by atomic mass is 16.5. The highest BCUT2D eigenvalue weighted by Crippen LogP contribution is 2.11. The average Bonchev–Trinajstić information content (AvgIpc) is 2.40. The average molecular weight is 229 g/mol. The van der Waals surface area contributed by atoms with E-state index in [1.807, 2.05) is 31.3 Å². The van der Waals surface area contributed by atoms with Crippen molar-refractivity contribution in [2.75, 3.05) is 7.05 Å². The number of nitrogens with zero attached hydrogens (tertiary/aromatic N) is 2. The molecule has 4 heteroatoms. The third-order valence-corrected chi connectivity index (χ3v) is 2.28. The lowest BCUT2D eigenvalue weighted by molar-refractivity contribution is 0.304. The molecule has 0 aliphatic rings. The second-order valence-corrected chi connectivity index (χ2v) is 3.67. The number of ether oxygens (including phenoxy) is 1. The summed E-state index contributed by atoms with van der Waals surface area (Å²) >= 11 is 0. The van der Waals surface area contributed by atoms with Crippen molar-refractivity contribution in [3.63, 3.8) is 0 Å². The standard InChI is InChI=1S/C13H15N3O/c1-14-8-12-4-5-13(9-16-12)17-10-11-3-2-6-15-7-11/h2-7,9,14H,8,10H2,1H3. The second-order valence-electron chi connectivity index (χ2n) is 3.67. The maximum atomic E-state index is 5.60. The van der Waals surface area contributed by atoms with Crippen molar-refractivity contribution in [2.45, 2.75) is 13.2 Å². The fourth-order valence-corrected chi connectivity index (χ4v) is 1.43. The van der Waals surface area contributed by atoms with E-state index in [0.29, 0.717) is 6.61 Å². The van der Waals surface area contributed by atoms with Crippen molar-refractivity contribution >= 4 is 0 Å². The molecule has 0 unspecified atom stereocenters. The second kappa shape index (κ2) is 5.96. The lowest BCUT2D eigenvalue weighted by atomic mass is 10.3. The zero-order valence-electron chi connectivity index (χ0n) is 9.76. The summed E-state index contributed by atoms with van der Waals surface area (Å²) in [6.07, 6.45) is 5.28. The van der Waals surface area contributed by atoms with Crippen LogP contribution < -0.4 is 10.1 Å². The Kier molecular flexibility index (Phi) is 4.05. The van der Waals surface area contributed by atoms with Crippen molar-refractivity contribution < 1.29 is 4.74 Å². The van der Waals surface area contributed by atoms with Crippen LogP contribution in [-0.2, 0) is 13.2 Å². The molecule has 0 bridgehead atoms. The highest BCUT2D eigenvalue weighted by Gasteiger charge is 1.97. The maximum Gasteiger partial charge on any atom is 0.138 e. The van der Waals surface area contributed by atoms with Crippen LogP contribution in [0.5, 0.6) is 5.75 Å². The number of hydrogen-bond donors (Lipinski definition) is 1. The van der Waals surface area contributed by atoms with E-state index in [-0.39, 0.29) is 0 Å². The van der Waals surface area contributed by atoms with Crippen LogP contribution in [0.4, 0.5) is 0 Å². The predicted octanol–water partition coefficient (Wildman–Crippen LogP) is 1.77. The Labute approximate surface area is 101 Å². The summed E-state index contributed by atoms with van der Waals surface area (Å²) in [4.78, 5) is 8.31. The SMILES string of the molecule is CNCc1ccc(OCc2cccnc2)cn1. The van der Waals surface area contributed by atoms with E-state index in [1.165, 1.54) is 0 Å². The molecule has 0 aliphatic heterocycles. The van der Waals surface area contributed by atoms with E-state index >= 15 is 0 Å². The Morgan fingerprint density at radius 1 is 1.24 bits per heavy atom. The molecule has 17 heavy (non-hydrogen) atoms. The minimum absolute atomic E-state index is 0.515. The van der Waals surface area contributed by atoms with Crippen LogP contribution >= 0.6 is 0 Å². The molecule has 88 valence electrons. The molecule has 2 rings (SSSR count). The monoisotopic (exact) mass is 229 g/mol. The van der Waals surface area contributed by atoms with Gasteiger partial charge >= 0.3 is 0 Å². The lowest BCUT2D eigenvalue weighted by Gasteiger charge is -2.06. The van der Waals surface area contributed by atoms with E-state index in [9.17, 15) is 0 Å². The van der Waals surface area contributed by atoms with Crippen molar-refractivity contribution in [3.8, 4) is 5.75 Å². The van der Waals surface area contributed by atoms with Gasteiger partial charge in [0.1, 0.15) is 12.4 Å². The van der Waals surface area contributed by atoms with E-state index in [0.717, 1.165) is 23.6 Å². The largest absolute Gasteiger partial charge is 0.487 e. The van der Waals surface area contributed by atoms with Gasteiger partial charge in [-0.2, -0.15) is 0 Å². The third-order valence-electron chi connectivity index (χ3n) is 2.28. The molecule has 0 atom stereocenters. The molecule has 0 radical (unpaired) electrons. The number of nitrogens with one attached hydrogen (secondary N) is 1. The van der Waals surface area contributed by atoms with Crippen LogP contribution in [0.2, 0.25) is 0 Å². The van der Waals surface area contributed by atoms with Crippen molar-refractivity contribution in [1.82, 2.24) is 15.3 Å². The summed E-state index contributed by atoms with van der Waals surface area (Å²) in [6.45, 7) is 1.28. The van der Waals surface area contributed by atoms with Gasteiger partial charge in [0.15, 0.2) is 0 Å². The van der Waals surface area contributed by atoms with Crippen LogP contribution in [0.1, 0.15) is 11.3 Å². The van der Waals surface area contributed by atoms with E-state index in [1.54, 1.807) is 18.6 Å². The first-order chi connectivity index (χ1) is 8.38. The fraction of sp³-hybridized carbons (Fsp3) is 0.231. The van der Waals surface area contributed by atoms with Crippen LogP contribution in [0, 0.1) is 0 Å². The van der Waals surface area contributed by atoms with E-state index in [2.05, 4.69) is 15.3 Å². The molecular weight excluding hydrogens is 214 g/mol. The normalized spacial score (nSPS) is 10.2. The molecule has 0 aliphatic carbocycles. The summed E-state index contributed by atoms with van der Waals surface area (Å²) in [6, 6.07) is 7.76. The quantitative estimate of drug-likeness (QED) is 0.849. The lowest BCUT2D eigenvalue weighted by Crippen LogP contribution is -2.06. The number of pyridine rings is 2. The number of rotatable bonds is 5. The van der Waals surface area contributed by atoms with Gasteiger partial charge in [0, 0.05) is 24.5 Å². The van der Waals surface area contributed by atoms with Gasteiger partial charge in [-0.15, -0.1) is 0 Å². The maximum absolute atomic E-state index is 5.60. The summed E-state index contributed by atoms with van der Waals surface area (Å²) in [5.41, 5.74) is 2.05. The Balaban J connectivity index is 1.91. The van der Waals surface area contributed by atoms with Crippen LogP contribution in [-0.4, -0.2) is 17.0 Å². The fourth-order valence-electron chi connectivity index (χ4n) is 1.43. The van der Waals surface area contributed by atoms with Crippen molar-refractivity contribution in [3.05, 3.63) is 54.1 Å². The minimum atomic E-state index is 0.515. The summed E-state index contributed by atoms with van der Waals surface area (Å²) in [7, 11) is 1.90.